The topological polar surface area (TPSA) is 46.3 Å². The van der Waals surface area contributed by atoms with Crippen LogP contribution in [0.15, 0.2) is 0 Å². The Morgan fingerprint density at radius 3 is 2.73 bits per heavy atom. The summed E-state index contributed by atoms with van der Waals surface area (Å²) in [6, 6.07) is 0. The smallest absolute Gasteiger partial charge is 0.242 e. The fraction of sp³-hybridized carbons (Fsp3) is 0.875. The van der Waals surface area contributed by atoms with Crippen LogP contribution < -0.4 is 5.73 Å². The third kappa shape index (κ3) is 1.53. The predicted octanol–water partition coefficient (Wildman–Crippen LogP) is 0.346. The summed E-state index contributed by atoms with van der Waals surface area (Å²) in [6.07, 6.45) is 1.81. The van der Waals surface area contributed by atoms with E-state index in [4.69, 9.17) is 5.73 Å². The molecule has 0 saturated carbocycles. The van der Waals surface area contributed by atoms with Crippen LogP contribution in [0.1, 0.15) is 26.7 Å². The monoisotopic (exact) mass is 156 g/mol. The zero-order chi connectivity index (χ0) is 8.48. The maximum Gasteiger partial charge on any atom is 0.242 e. The van der Waals surface area contributed by atoms with E-state index in [1.807, 2.05) is 11.8 Å². The second-order valence-corrected chi connectivity index (χ2v) is 3.46. The lowest BCUT2D eigenvalue weighted by molar-refractivity contribution is -0.131. The molecular formula is C8H16N2O. The molecule has 0 radical (unpaired) electrons. The fourth-order valence-electron chi connectivity index (χ4n) is 1.42. The van der Waals surface area contributed by atoms with Gasteiger partial charge in [-0.05, 0) is 19.8 Å². The lowest BCUT2D eigenvalue weighted by atomic mass is 10.0. The molecule has 0 aliphatic carbocycles. The standard InChI is InChI=1S/C8H16N2O/c1-3-5-10-6-4-8(2,9)7(10)11/h3-6,9H2,1-2H3. The number of carbonyl (C=O) groups is 1. The van der Waals surface area contributed by atoms with Crippen LogP contribution in [0, 0.1) is 0 Å². The van der Waals surface area contributed by atoms with Gasteiger partial charge in [0.2, 0.25) is 5.91 Å². The van der Waals surface area contributed by atoms with Gasteiger partial charge in [-0.15, -0.1) is 0 Å². The van der Waals surface area contributed by atoms with Gasteiger partial charge in [-0.3, -0.25) is 4.79 Å². The molecule has 0 aromatic carbocycles. The molecule has 1 aliphatic heterocycles. The van der Waals surface area contributed by atoms with Crippen molar-refractivity contribution < 1.29 is 4.79 Å². The number of amides is 1. The number of nitrogens with two attached hydrogens (primary N) is 1. The van der Waals surface area contributed by atoms with Crippen LogP contribution in [0.4, 0.5) is 0 Å². The molecule has 3 nitrogen and oxygen atoms in total. The van der Waals surface area contributed by atoms with Gasteiger partial charge >= 0.3 is 0 Å². The van der Waals surface area contributed by atoms with E-state index in [0.717, 1.165) is 25.9 Å². The zero-order valence-corrected chi connectivity index (χ0v) is 7.26. The van der Waals surface area contributed by atoms with Gasteiger partial charge in [-0.1, -0.05) is 6.92 Å². The minimum absolute atomic E-state index is 0.111. The number of carbonyl (C=O) groups excluding carboxylic acids is 1. The fourth-order valence-corrected chi connectivity index (χ4v) is 1.42. The van der Waals surface area contributed by atoms with Crippen LogP contribution in [0.2, 0.25) is 0 Å². The Labute approximate surface area is 67.5 Å². The number of hydrogen-bond donors (Lipinski definition) is 1. The number of likely N-dealkylation sites (tertiary alicyclic amines) is 1. The molecule has 64 valence electrons. The molecule has 1 rings (SSSR count). The molecule has 0 bridgehead atoms. The van der Waals surface area contributed by atoms with Crippen LogP contribution in [0.25, 0.3) is 0 Å². The van der Waals surface area contributed by atoms with Crippen LogP contribution >= 0.6 is 0 Å². The van der Waals surface area contributed by atoms with Crippen molar-refractivity contribution in [2.45, 2.75) is 32.2 Å². The average Bonchev–Trinajstić information content (AvgIpc) is 2.17. The molecule has 1 amide bonds. The van der Waals surface area contributed by atoms with Crippen LogP contribution in [0.5, 0.6) is 0 Å². The summed E-state index contributed by atoms with van der Waals surface area (Å²) in [5, 5.41) is 0. The maximum atomic E-state index is 11.4. The summed E-state index contributed by atoms with van der Waals surface area (Å²) in [7, 11) is 0. The van der Waals surface area contributed by atoms with Crippen molar-refractivity contribution in [1.29, 1.82) is 0 Å². The minimum atomic E-state index is -0.588. The summed E-state index contributed by atoms with van der Waals surface area (Å²) in [5.74, 6) is 0.111. The second kappa shape index (κ2) is 2.81. The molecule has 0 aromatic heterocycles. The van der Waals surface area contributed by atoms with Crippen molar-refractivity contribution >= 4 is 5.91 Å². The van der Waals surface area contributed by atoms with E-state index in [0.29, 0.717) is 0 Å². The number of rotatable bonds is 2. The van der Waals surface area contributed by atoms with Crippen molar-refractivity contribution in [3.63, 3.8) is 0 Å². The Morgan fingerprint density at radius 2 is 2.36 bits per heavy atom. The molecule has 2 N–H and O–H groups in total. The van der Waals surface area contributed by atoms with Crippen molar-refractivity contribution in [2.75, 3.05) is 13.1 Å². The van der Waals surface area contributed by atoms with E-state index < -0.39 is 5.54 Å². The number of nitrogens with zero attached hydrogens (tertiary/aromatic N) is 1. The minimum Gasteiger partial charge on any atom is -0.341 e. The van der Waals surface area contributed by atoms with Crippen molar-refractivity contribution in [3.05, 3.63) is 0 Å². The molecule has 1 unspecified atom stereocenters. The first kappa shape index (κ1) is 8.53. The van der Waals surface area contributed by atoms with E-state index in [1.165, 1.54) is 0 Å². The third-order valence-electron chi connectivity index (χ3n) is 2.17. The Hall–Kier alpha value is -0.570. The van der Waals surface area contributed by atoms with E-state index in [1.54, 1.807) is 0 Å². The lowest BCUT2D eigenvalue weighted by Gasteiger charge is -2.18. The summed E-state index contributed by atoms with van der Waals surface area (Å²) >= 11 is 0. The second-order valence-electron chi connectivity index (χ2n) is 3.46. The Balaban J connectivity index is 2.56. The van der Waals surface area contributed by atoms with Gasteiger partial charge in [-0.25, -0.2) is 0 Å². The van der Waals surface area contributed by atoms with Gasteiger partial charge in [0.25, 0.3) is 0 Å². The zero-order valence-electron chi connectivity index (χ0n) is 7.26. The van der Waals surface area contributed by atoms with Gasteiger partial charge in [0, 0.05) is 13.1 Å². The highest BCUT2D eigenvalue weighted by molar-refractivity contribution is 5.87. The first-order valence-electron chi connectivity index (χ1n) is 4.16. The first-order chi connectivity index (χ1) is 5.08. The van der Waals surface area contributed by atoms with Gasteiger partial charge in [-0.2, -0.15) is 0 Å². The van der Waals surface area contributed by atoms with E-state index in [-0.39, 0.29) is 5.91 Å². The van der Waals surface area contributed by atoms with Crippen LogP contribution in [-0.2, 0) is 4.79 Å². The molecule has 0 aromatic rings. The van der Waals surface area contributed by atoms with Crippen LogP contribution in [0.3, 0.4) is 0 Å². The predicted molar refractivity (Wildman–Crippen MR) is 44.1 cm³/mol. The SMILES string of the molecule is CCCN1CCC(C)(N)C1=O. The number of hydrogen-bond acceptors (Lipinski definition) is 2. The van der Waals surface area contributed by atoms with Crippen molar-refractivity contribution in [1.82, 2.24) is 4.90 Å². The average molecular weight is 156 g/mol. The third-order valence-corrected chi connectivity index (χ3v) is 2.17. The Bertz CT molecular complexity index is 165. The highest BCUT2D eigenvalue weighted by Gasteiger charge is 2.38. The van der Waals surface area contributed by atoms with E-state index in [9.17, 15) is 4.79 Å². The highest BCUT2D eigenvalue weighted by Crippen LogP contribution is 2.19. The molecule has 0 spiro atoms. The van der Waals surface area contributed by atoms with Gasteiger partial charge in [0.1, 0.15) is 0 Å². The first-order valence-corrected chi connectivity index (χ1v) is 4.16. The Morgan fingerprint density at radius 1 is 1.73 bits per heavy atom. The van der Waals surface area contributed by atoms with E-state index >= 15 is 0 Å². The molecule has 3 heteroatoms. The van der Waals surface area contributed by atoms with Gasteiger partial charge in [0.05, 0.1) is 5.54 Å². The summed E-state index contributed by atoms with van der Waals surface area (Å²) in [4.78, 5) is 13.3. The summed E-state index contributed by atoms with van der Waals surface area (Å²) < 4.78 is 0. The van der Waals surface area contributed by atoms with Gasteiger partial charge < -0.3 is 10.6 Å². The molecule has 1 saturated heterocycles. The van der Waals surface area contributed by atoms with E-state index in [2.05, 4.69) is 6.92 Å². The quantitative estimate of drug-likeness (QED) is 0.627. The van der Waals surface area contributed by atoms with Crippen molar-refractivity contribution in [2.24, 2.45) is 5.73 Å². The van der Waals surface area contributed by atoms with Crippen molar-refractivity contribution in [3.8, 4) is 0 Å². The summed E-state index contributed by atoms with van der Waals surface area (Å²) in [5.41, 5.74) is 5.16. The largest absolute Gasteiger partial charge is 0.341 e. The molecular weight excluding hydrogens is 140 g/mol. The maximum absolute atomic E-state index is 11.4. The molecule has 1 aliphatic rings. The summed E-state index contributed by atoms with van der Waals surface area (Å²) in [6.45, 7) is 5.57. The highest BCUT2D eigenvalue weighted by atomic mass is 16.2. The lowest BCUT2D eigenvalue weighted by Crippen LogP contribution is -2.45. The molecule has 1 atom stereocenters. The Kier molecular flexibility index (Phi) is 2.18. The van der Waals surface area contributed by atoms with Crippen LogP contribution in [-0.4, -0.2) is 29.4 Å². The van der Waals surface area contributed by atoms with Gasteiger partial charge in [0.15, 0.2) is 0 Å². The molecule has 1 heterocycles. The molecule has 1 fully saturated rings. The normalized spacial score (nSPS) is 31.5. The molecule has 11 heavy (non-hydrogen) atoms.